The van der Waals surface area contributed by atoms with E-state index in [9.17, 15) is 4.79 Å². The van der Waals surface area contributed by atoms with Crippen LogP contribution in [-0.2, 0) is 19.5 Å². The highest BCUT2D eigenvalue weighted by molar-refractivity contribution is 7.26. The minimum Gasteiger partial charge on any atom is -0.444 e. The lowest BCUT2D eigenvalue weighted by Gasteiger charge is -2.44. The van der Waals surface area contributed by atoms with E-state index in [2.05, 4.69) is 115 Å². The zero-order valence-corrected chi connectivity index (χ0v) is 28.2. The van der Waals surface area contributed by atoms with Gasteiger partial charge < -0.3 is 14.0 Å². The molecule has 5 nitrogen and oxygen atoms in total. The Labute approximate surface area is 261 Å². The molecule has 1 aromatic heterocycles. The molecule has 2 heterocycles. The van der Waals surface area contributed by atoms with Crippen molar-refractivity contribution in [2.45, 2.75) is 97.9 Å². The smallest absolute Gasteiger partial charge is 0.444 e. The summed E-state index contributed by atoms with van der Waals surface area (Å²) in [5.74, 6) is 0.249. The van der Waals surface area contributed by atoms with Crippen LogP contribution in [0, 0.1) is 5.92 Å². The molecule has 0 spiro atoms. The van der Waals surface area contributed by atoms with Crippen LogP contribution in [0.3, 0.4) is 0 Å². The molecular formula is C36H46BNO4S. The summed E-state index contributed by atoms with van der Waals surface area (Å²) in [6.07, 6.45) is 0.556. The van der Waals surface area contributed by atoms with Gasteiger partial charge in [-0.05, 0) is 84.1 Å². The van der Waals surface area contributed by atoms with Crippen LogP contribution in [0.1, 0.15) is 81.2 Å². The molecule has 1 aliphatic rings. The molecule has 0 N–H and O–H groups in total. The van der Waals surface area contributed by atoms with E-state index in [-0.39, 0.29) is 12.0 Å². The van der Waals surface area contributed by atoms with Gasteiger partial charge in [0.2, 0.25) is 0 Å². The fraction of sp³-hybridized carbons (Fsp3) is 0.472. The third-order valence-corrected chi connectivity index (χ3v) is 10.5. The number of carbonyl (C=O) groups is 1. The molecule has 7 heteroatoms. The normalized spacial score (nSPS) is 18.5. The lowest BCUT2D eigenvalue weighted by Crippen LogP contribution is -2.60. The SMILES string of the molecule is CC[C@H](C)CN(C(=O)OC(C)(C)C)[C@@](C)(B1OC(C)(C)C(C)(C)O1)c1ccc(-c2cccc3c2sc2ccccc23)cc1. The van der Waals surface area contributed by atoms with Crippen LogP contribution < -0.4 is 0 Å². The minimum atomic E-state index is -0.959. The van der Waals surface area contributed by atoms with Crippen LogP contribution in [0.25, 0.3) is 31.3 Å². The van der Waals surface area contributed by atoms with Gasteiger partial charge in [-0.2, -0.15) is 0 Å². The number of hydrogen-bond donors (Lipinski definition) is 0. The fourth-order valence-corrected chi connectivity index (χ4v) is 6.90. The molecule has 3 aromatic carbocycles. The Hall–Kier alpha value is -2.87. The standard InChI is InChI=1S/C36H46BNO4S/c1-11-24(2)23-38(32(39)40-33(3,4)5)36(10,37-41-34(6,7)35(8,9)42-37)26-21-19-25(20-22-26)27-16-14-17-29-28-15-12-13-18-30(28)43-31(27)29/h12-22,24H,11,23H2,1-10H3/t24-,36+/m0/s1. The Kier molecular flexibility index (Phi) is 8.25. The van der Waals surface area contributed by atoms with Gasteiger partial charge in [-0.1, -0.05) is 80.9 Å². The lowest BCUT2D eigenvalue weighted by atomic mass is 9.60. The molecule has 43 heavy (non-hydrogen) atoms. The van der Waals surface area contributed by atoms with Crippen molar-refractivity contribution in [1.29, 1.82) is 0 Å². The number of thiophene rings is 1. The molecule has 1 amide bonds. The topological polar surface area (TPSA) is 48.0 Å². The third-order valence-electron chi connectivity index (χ3n) is 9.26. The second-order valence-electron chi connectivity index (χ2n) is 14.2. The van der Waals surface area contributed by atoms with E-state index in [1.165, 1.54) is 25.7 Å². The van der Waals surface area contributed by atoms with Crippen molar-refractivity contribution in [3.8, 4) is 11.1 Å². The lowest BCUT2D eigenvalue weighted by molar-refractivity contribution is 0.00156. The summed E-state index contributed by atoms with van der Waals surface area (Å²) in [7, 11) is -0.703. The first-order valence-electron chi connectivity index (χ1n) is 15.4. The summed E-state index contributed by atoms with van der Waals surface area (Å²) in [5, 5.41) is 2.56. The van der Waals surface area contributed by atoms with Gasteiger partial charge in [-0.3, -0.25) is 4.90 Å². The summed E-state index contributed by atoms with van der Waals surface area (Å²) in [4.78, 5) is 15.9. The zero-order chi connectivity index (χ0) is 31.4. The van der Waals surface area contributed by atoms with Crippen molar-refractivity contribution in [3.63, 3.8) is 0 Å². The van der Waals surface area contributed by atoms with E-state index in [0.717, 1.165) is 17.5 Å². The van der Waals surface area contributed by atoms with Crippen LogP contribution >= 0.6 is 11.3 Å². The van der Waals surface area contributed by atoms with E-state index < -0.39 is 29.4 Å². The largest absolute Gasteiger partial charge is 0.490 e. The van der Waals surface area contributed by atoms with Crippen LogP contribution in [0.2, 0.25) is 0 Å². The molecule has 0 radical (unpaired) electrons. The molecule has 1 fully saturated rings. The number of nitrogens with zero attached hydrogens (tertiary/aromatic N) is 1. The summed E-state index contributed by atoms with van der Waals surface area (Å²) < 4.78 is 22.0. The van der Waals surface area contributed by atoms with E-state index >= 15 is 0 Å². The van der Waals surface area contributed by atoms with Crippen LogP contribution in [-0.4, -0.2) is 41.5 Å². The molecular weight excluding hydrogens is 553 g/mol. The molecule has 0 aliphatic carbocycles. The zero-order valence-electron chi connectivity index (χ0n) is 27.4. The maximum Gasteiger partial charge on any atom is 0.490 e. The monoisotopic (exact) mass is 599 g/mol. The Balaban J connectivity index is 1.63. The predicted octanol–water partition coefficient (Wildman–Crippen LogP) is 9.85. The molecule has 5 rings (SSSR count). The number of amides is 1. The molecule has 0 unspecified atom stereocenters. The van der Waals surface area contributed by atoms with Crippen molar-refractivity contribution in [2.75, 3.05) is 6.54 Å². The Morgan fingerprint density at radius 2 is 1.51 bits per heavy atom. The molecule has 4 aromatic rings. The van der Waals surface area contributed by atoms with Gasteiger partial charge in [0.15, 0.2) is 0 Å². The maximum atomic E-state index is 14.0. The van der Waals surface area contributed by atoms with Crippen molar-refractivity contribution in [3.05, 3.63) is 72.3 Å². The quantitative estimate of drug-likeness (QED) is 0.198. The van der Waals surface area contributed by atoms with Crippen LogP contribution in [0.15, 0.2) is 66.7 Å². The highest BCUT2D eigenvalue weighted by Gasteiger charge is 2.61. The van der Waals surface area contributed by atoms with Gasteiger partial charge in [0.25, 0.3) is 0 Å². The first-order valence-corrected chi connectivity index (χ1v) is 16.3. The van der Waals surface area contributed by atoms with Crippen molar-refractivity contribution >= 4 is 44.7 Å². The van der Waals surface area contributed by atoms with E-state index in [4.69, 9.17) is 14.0 Å². The number of hydrogen-bond acceptors (Lipinski definition) is 5. The average Bonchev–Trinajstić information content (AvgIpc) is 3.43. The summed E-state index contributed by atoms with van der Waals surface area (Å²) in [6, 6.07) is 23.7. The molecule has 1 aliphatic heterocycles. The maximum absolute atomic E-state index is 14.0. The molecule has 0 saturated carbocycles. The average molecular weight is 600 g/mol. The number of carbonyl (C=O) groups excluding carboxylic acids is 1. The minimum absolute atomic E-state index is 0.249. The van der Waals surface area contributed by atoms with E-state index in [0.29, 0.717) is 6.54 Å². The summed E-state index contributed by atoms with van der Waals surface area (Å²) in [6.45, 7) is 20.8. The first-order chi connectivity index (χ1) is 20.1. The van der Waals surface area contributed by atoms with Crippen LogP contribution in [0.5, 0.6) is 0 Å². The summed E-state index contributed by atoms with van der Waals surface area (Å²) >= 11 is 1.83. The molecule has 2 atom stereocenters. The highest BCUT2D eigenvalue weighted by atomic mass is 32.1. The van der Waals surface area contributed by atoms with Gasteiger partial charge in [0.1, 0.15) is 11.0 Å². The Morgan fingerprint density at radius 3 is 2.12 bits per heavy atom. The van der Waals surface area contributed by atoms with Gasteiger partial charge in [0, 0.05) is 26.7 Å². The van der Waals surface area contributed by atoms with Gasteiger partial charge in [0.05, 0.1) is 11.2 Å². The molecule has 228 valence electrons. The second kappa shape index (κ2) is 11.2. The number of benzene rings is 3. The van der Waals surface area contributed by atoms with E-state index in [1.807, 2.05) is 37.0 Å². The molecule has 0 bridgehead atoms. The molecule has 1 saturated heterocycles. The number of ether oxygens (including phenoxy) is 1. The number of rotatable bonds is 7. The first kappa shape index (κ1) is 31.6. The highest BCUT2D eigenvalue weighted by Crippen LogP contribution is 2.46. The Morgan fingerprint density at radius 1 is 0.907 bits per heavy atom. The second-order valence-corrected chi connectivity index (χ2v) is 15.3. The van der Waals surface area contributed by atoms with Gasteiger partial charge in [-0.25, -0.2) is 4.79 Å². The van der Waals surface area contributed by atoms with Gasteiger partial charge >= 0.3 is 13.2 Å². The van der Waals surface area contributed by atoms with Crippen molar-refractivity contribution in [2.24, 2.45) is 5.92 Å². The van der Waals surface area contributed by atoms with Crippen molar-refractivity contribution < 1.29 is 18.8 Å². The van der Waals surface area contributed by atoms with Crippen molar-refractivity contribution in [1.82, 2.24) is 4.90 Å². The fourth-order valence-electron chi connectivity index (χ4n) is 5.67. The predicted molar refractivity (Wildman–Crippen MR) is 181 cm³/mol. The van der Waals surface area contributed by atoms with Gasteiger partial charge in [-0.15, -0.1) is 11.3 Å². The Bertz CT molecular complexity index is 1600. The summed E-state index contributed by atoms with van der Waals surface area (Å²) in [5.41, 5.74) is 0.534. The number of fused-ring (bicyclic) bond motifs is 3. The van der Waals surface area contributed by atoms with E-state index in [1.54, 1.807) is 0 Å². The van der Waals surface area contributed by atoms with Crippen LogP contribution in [0.4, 0.5) is 4.79 Å². The third kappa shape index (κ3) is 5.84.